The first-order valence-electron chi connectivity index (χ1n) is 8.67. The third-order valence-corrected chi connectivity index (χ3v) is 6.58. The van der Waals surface area contributed by atoms with E-state index in [1.807, 2.05) is 0 Å². The van der Waals surface area contributed by atoms with Gasteiger partial charge in [-0.2, -0.15) is 4.31 Å². The second-order valence-electron chi connectivity index (χ2n) is 5.99. The summed E-state index contributed by atoms with van der Waals surface area (Å²) < 4.78 is 26.9. The molecular formula is C19H22ClN3O4S. The number of rotatable bonds is 6. The van der Waals surface area contributed by atoms with E-state index in [2.05, 4.69) is 10.9 Å². The molecule has 150 valence electrons. The second-order valence-corrected chi connectivity index (χ2v) is 8.33. The molecule has 0 saturated carbocycles. The second kappa shape index (κ2) is 9.18. The minimum Gasteiger partial charge on any atom is -0.267 e. The topological polar surface area (TPSA) is 95.6 Å². The van der Waals surface area contributed by atoms with E-state index in [0.29, 0.717) is 23.7 Å². The van der Waals surface area contributed by atoms with Crippen LogP contribution >= 0.6 is 11.6 Å². The zero-order chi connectivity index (χ0) is 20.9. The van der Waals surface area contributed by atoms with E-state index >= 15 is 0 Å². The number of sulfonamides is 1. The standard InChI is InChI=1S/C19H22ClN3O4S/c1-4-23(5-2)28(26,27)17-12-15(10-9-13(17)3)19(25)22-21-18(24)14-7-6-8-16(20)11-14/h6-12H,4-5H2,1-3H3,(H,21,24)(H,22,25). The lowest BCUT2D eigenvalue weighted by Gasteiger charge is -2.20. The van der Waals surface area contributed by atoms with Crippen molar-refractivity contribution in [3.05, 3.63) is 64.2 Å². The Labute approximate surface area is 169 Å². The molecule has 2 aromatic rings. The Balaban J connectivity index is 2.19. The van der Waals surface area contributed by atoms with Gasteiger partial charge in [-0.3, -0.25) is 20.4 Å². The number of hydrazine groups is 1. The van der Waals surface area contributed by atoms with Crippen LogP contribution in [0, 0.1) is 6.92 Å². The van der Waals surface area contributed by atoms with Crippen LogP contribution in [0.5, 0.6) is 0 Å². The maximum Gasteiger partial charge on any atom is 0.269 e. The van der Waals surface area contributed by atoms with Crippen LogP contribution in [0.25, 0.3) is 0 Å². The van der Waals surface area contributed by atoms with Gasteiger partial charge in [-0.05, 0) is 42.8 Å². The van der Waals surface area contributed by atoms with E-state index in [1.165, 1.54) is 22.5 Å². The molecule has 0 bridgehead atoms. The molecule has 0 aromatic heterocycles. The lowest BCUT2D eigenvalue weighted by molar-refractivity contribution is 0.0846. The summed E-state index contributed by atoms with van der Waals surface area (Å²) in [6.45, 7) is 5.81. The molecule has 2 aromatic carbocycles. The molecule has 0 saturated heterocycles. The molecule has 2 N–H and O–H groups in total. The van der Waals surface area contributed by atoms with Gasteiger partial charge in [-0.25, -0.2) is 8.42 Å². The number of nitrogens with zero attached hydrogens (tertiary/aromatic N) is 1. The molecule has 9 heteroatoms. The number of carbonyl (C=O) groups is 2. The van der Waals surface area contributed by atoms with Crippen molar-refractivity contribution in [2.24, 2.45) is 0 Å². The molecule has 0 aliphatic carbocycles. The van der Waals surface area contributed by atoms with Gasteiger partial charge >= 0.3 is 0 Å². The van der Waals surface area contributed by atoms with Crippen molar-refractivity contribution in [1.82, 2.24) is 15.2 Å². The molecule has 0 radical (unpaired) electrons. The number of benzene rings is 2. The lowest BCUT2D eigenvalue weighted by atomic mass is 10.1. The molecule has 0 unspecified atom stereocenters. The largest absolute Gasteiger partial charge is 0.269 e. The fourth-order valence-electron chi connectivity index (χ4n) is 2.61. The minimum atomic E-state index is -3.72. The van der Waals surface area contributed by atoms with Crippen LogP contribution in [0.4, 0.5) is 0 Å². The molecular weight excluding hydrogens is 402 g/mol. The third-order valence-electron chi connectivity index (χ3n) is 4.15. The molecule has 0 fully saturated rings. The van der Waals surface area contributed by atoms with E-state index in [1.54, 1.807) is 45.0 Å². The van der Waals surface area contributed by atoms with E-state index < -0.39 is 21.8 Å². The third kappa shape index (κ3) is 4.89. The maximum absolute atomic E-state index is 12.8. The summed E-state index contributed by atoms with van der Waals surface area (Å²) >= 11 is 5.84. The molecule has 0 aliphatic rings. The quantitative estimate of drug-likeness (QED) is 0.698. The first kappa shape index (κ1) is 21.9. The highest BCUT2D eigenvalue weighted by Gasteiger charge is 2.24. The Kier molecular flexibility index (Phi) is 7.17. The molecule has 2 amide bonds. The Morgan fingerprint density at radius 1 is 0.964 bits per heavy atom. The number of carbonyl (C=O) groups excluding carboxylic acids is 2. The molecule has 0 aliphatic heterocycles. The number of nitrogens with one attached hydrogen (secondary N) is 2. The van der Waals surface area contributed by atoms with E-state index in [9.17, 15) is 18.0 Å². The van der Waals surface area contributed by atoms with Crippen LogP contribution in [0.15, 0.2) is 47.4 Å². The van der Waals surface area contributed by atoms with Crippen LogP contribution in [-0.2, 0) is 10.0 Å². The number of hydrogen-bond donors (Lipinski definition) is 2. The van der Waals surface area contributed by atoms with Crippen molar-refractivity contribution in [2.75, 3.05) is 13.1 Å². The van der Waals surface area contributed by atoms with Gasteiger partial charge in [0.15, 0.2) is 0 Å². The fourth-order valence-corrected chi connectivity index (χ4v) is 4.51. The van der Waals surface area contributed by atoms with Crippen molar-refractivity contribution >= 4 is 33.4 Å². The Morgan fingerprint density at radius 2 is 1.54 bits per heavy atom. The highest BCUT2D eigenvalue weighted by atomic mass is 35.5. The van der Waals surface area contributed by atoms with Crippen molar-refractivity contribution in [3.8, 4) is 0 Å². The van der Waals surface area contributed by atoms with Crippen LogP contribution in [-0.4, -0.2) is 37.6 Å². The first-order valence-corrected chi connectivity index (χ1v) is 10.5. The van der Waals surface area contributed by atoms with Crippen LogP contribution in [0.3, 0.4) is 0 Å². The maximum atomic E-state index is 12.8. The summed E-state index contributed by atoms with van der Waals surface area (Å²) in [6, 6.07) is 10.6. The van der Waals surface area contributed by atoms with E-state index in [4.69, 9.17) is 11.6 Å². The summed E-state index contributed by atoms with van der Waals surface area (Å²) in [5.74, 6) is -1.18. The molecule has 2 rings (SSSR count). The average molecular weight is 424 g/mol. The van der Waals surface area contributed by atoms with Crippen molar-refractivity contribution < 1.29 is 18.0 Å². The molecule has 0 atom stereocenters. The smallest absolute Gasteiger partial charge is 0.267 e. The first-order chi connectivity index (χ1) is 13.2. The highest BCUT2D eigenvalue weighted by molar-refractivity contribution is 7.89. The van der Waals surface area contributed by atoms with Gasteiger partial charge in [0, 0.05) is 29.2 Å². The minimum absolute atomic E-state index is 0.0602. The monoisotopic (exact) mass is 423 g/mol. The zero-order valence-electron chi connectivity index (χ0n) is 15.8. The van der Waals surface area contributed by atoms with Crippen LogP contribution in [0.2, 0.25) is 5.02 Å². The van der Waals surface area contributed by atoms with Gasteiger partial charge < -0.3 is 0 Å². The number of hydrogen-bond acceptors (Lipinski definition) is 4. The van der Waals surface area contributed by atoms with Gasteiger partial charge in [0.05, 0.1) is 4.90 Å². The predicted octanol–water partition coefficient (Wildman–Crippen LogP) is 2.75. The van der Waals surface area contributed by atoms with Gasteiger partial charge in [0.1, 0.15) is 0 Å². The summed E-state index contributed by atoms with van der Waals surface area (Å²) in [4.78, 5) is 24.5. The predicted molar refractivity (Wildman–Crippen MR) is 108 cm³/mol. The summed E-state index contributed by atoms with van der Waals surface area (Å²) in [5.41, 5.74) is 5.49. The fraction of sp³-hybridized carbons (Fsp3) is 0.263. The number of halogens is 1. The normalized spacial score (nSPS) is 11.3. The number of aryl methyl sites for hydroxylation is 1. The molecule has 0 heterocycles. The lowest BCUT2D eigenvalue weighted by Crippen LogP contribution is -2.41. The van der Waals surface area contributed by atoms with Gasteiger partial charge in [0.2, 0.25) is 10.0 Å². The van der Waals surface area contributed by atoms with Gasteiger partial charge in [-0.1, -0.05) is 37.6 Å². The summed E-state index contributed by atoms with van der Waals surface area (Å²) in [7, 11) is -3.72. The highest BCUT2D eigenvalue weighted by Crippen LogP contribution is 2.21. The number of amides is 2. The summed E-state index contributed by atoms with van der Waals surface area (Å²) in [5, 5.41) is 0.392. The Bertz CT molecular complexity index is 988. The van der Waals surface area contributed by atoms with Crippen LogP contribution in [0.1, 0.15) is 40.1 Å². The van der Waals surface area contributed by atoms with Crippen molar-refractivity contribution in [3.63, 3.8) is 0 Å². The SMILES string of the molecule is CCN(CC)S(=O)(=O)c1cc(C(=O)NNC(=O)c2cccc(Cl)c2)ccc1C. The van der Waals surface area contributed by atoms with Crippen LogP contribution < -0.4 is 10.9 Å². The molecule has 28 heavy (non-hydrogen) atoms. The van der Waals surface area contributed by atoms with Gasteiger partial charge in [0.25, 0.3) is 11.8 Å². The van der Waals surface area contributed by atoms with E-state index in [-0.39, 0.29) is 16.0 Å². The zero-order valence-corrected chi connectivity index (χ0v) is 17.4. The van der Waals surface area contributed by atoms with Crippen molar-refractivity contribution in [1.29, 1.82) is 0 Å². The molecule has 7 nitrogen and oxygen atoms in total. The van der Waals surface area contributed by atoms with Gasteiger partial charge in [-0.15, -0.1) is 0 Å². The van der Waals surface area contributed by atoms with E-state index in [0.717, 1.165) is 0 Å². The average Bonchev–Trinajstić information content (AvgIpc) is 2.66. The van der Waals surface area contributed by atoms with Crippen molar-refractivity contribution in [2.45, 2.75) is 25.7 Å². The Hall–Kier alpha value is -2.42. The Morgan fingerprint density at radius 3 is 2.07 bits per heavy atom. The summed E-state index contributed by atoms with van der Waals surface area (Å²) in [6.07, 6.45) is 0. The molecule has 0 spiro atoms.